The van der Waals surface area contributed by atoms with Gasteiger partial charge in [-0.25, -0.2) is 0 Å². The van der Waals surface area contributed by atoms with E-state index in [1.807, 2.05) is 6.92 Å². The smallest absolute Gasteiger partial charge is 0.315 e. The maximum absolute atomic E-state index is 11.2. The largest absolute Gasteiger partial charge is 0.481 e. The third-order valence-electron chi connectivity index (χ3n) is 3.55. The molecular weight excluding hydrogens is 172 g/mol. The minimum atomic E-state index is -0.732. The highest BCUT2D eigenvalue weighted by molar-refractivity contribution is 5.77. The Balaban J connectivity index is 2.24. The molecule has 2 aliphatic rings. The lowest BCUT2D eigenvalue weighted by Gasteiger charge is -2.56. The zero-order valence-corrected chi connectivity index (χ0v) is 7.71. The standard InChI is InChI=1S/C9H14O4/c1-2-8(3-12-4-8)9(7(10)11)5-13-6-9/h2-6H2,1H3,(H,10,11). The van der Waals surface area contributed by atoms with Gasteiger partial charge in [0.1, 0.15) is 5.41 Å². The first-order chi connectivity index (χ1) is 6.17. The van der Waals surface area contributed by atoms with Gasteiger partial charge in [-0.2, -0.15) is 0 Å². The fourth-order valence-corrected chi connectivity index (χ4v) is 2.13. The van der Waals surface area contributed by atoms with Crippen molar-refractivity contribution in [3.8, 4) is 0 Å². The van der Waals surface area contributed by atoms with Crippen molar-refractivity contribution in [3.63, 3.8) is 0 Å². The number of rotatable bonds is 3. The summed E-state index contributed by atoms with van der Waals surface area (Å²) in [7, 11) is 0. The molecule has 4 nitrogen and oxygen atoms in total. The summed E-state index contributed by atoms with van der Waals surface area (Å²) < 4.78 is 10.2. The quantitative estimate of drug-likeness (QED) is 0.698. The molecule has 2 aliphatic heterocycles. The van der Waals surface area contributed by atoms with E-state index in [9.17, 15) is 9.90 Å². The van der Waals surface area contributed by atoms with Crippen molar-refractivity contribution in [2.45, 2.75) is 13.3 Å². The highest BCUT2D eigenvalue weighted by Crippen LogP contribution is 2.52. The Bertz CT molecular complexity index is 222. The topological polar surface area (TPSA) is 55.8 Å². The fourth-order valence-electron chi connectivity index (χ4n) is 2.13. The van der Waals surface area contributed by atoms with Gasteiger partial charge >= 0.3 is 5.97 Å². The van der Waals surface area contributed by atoms with Gasteiger partial charge < -0.3 is 14.6 Å². The fraction of sp³-hybridized carbons (Fsp3) is 0.889. The molecule has 0 aromatic rings. The van der Waals surface area contributed by atoms with Gasteiger partial charge in [-0.05, 0) is 6.42 Å². The predicted molar refractivity (Wildman–Crippen MR) is 44.4 cm³/mol. The molecule has 0 aromatic heterocycles. The second kappa shape index (κ2) is 2.69. The van der Waals surface area contributed by atoms with Crippen LogP contribution in [0.25, 0.3) is 0 Å². The average Bonchev–Trinajstić information content (AvgIpc) is 1.91. The molecular formula is C9H14O4. The molecule has 2 rings (SSSR count). The zero-order valence-electron chi connectivity index (χ0n) is 7.71. The molecule has 0 radical (unpaired) electrons. The first-order valence-electron chi connectivity index (χ1n) is 4.56. The number of hydrogen-bond acceptors (Lipinski definition) is 3. The van der Waals surface area contributed by atoms with E-state index in [-0.39, 0.29) is 5.41 Å². The monoisotopic (exact) mass is 186 g/mol. The van der Waals surface area contributed by atoms with Crippen molar-refractivity contribution in [1.29, 1.82) is 0 Å². The van der Waals surface area contributed by atoms with Gasteiger partial charge in [0.25, 0.3) is 0 Å². The van der Waals surface area contributed by atoms with Crippen LogP contribution in [0.4, 0.5) is 0 Å². The number of hydrogen-bond donors (Lipinski definition) is 1. The second-order valence-electron chi connectivity index (χ2n) is 4.01. The summed E-state index contributed by atoms with van der Waals surface area (Å²) in [5.41, 5.74) is -0.836. The van der Waals surface area contributed by atoms with E-state index < -0.39 is 11.4 Å². The van der Waals surface area contributed by atoms with Crippen LogP contribution in [0.3, 0.4) is 0 Å². The SMILES string of the molecule is CCC1(C2(C(=O)O)COC2)COC1. The van der Waals surface area contributed by atoms with Crippen LogP contribution in [0, 0.1) is 10.8 Å². The summed E-state index contributed by atoms with van der Waals surface area (Å²) >= 11 is 0. The van der Waals surface area contributed by atoms with Crippen LogP contribution in [-0.2, 0) is 14.3 Å². The van der Waals surface area contributed by atoms with E-state index in [1.165, 1.54) is 0 Å². The predicted octanol–water partition coefficient (Wildman–Crippen LogP) is 0.514. The van der Waals surface area contributed by atoms with Crippen LogP contribution in [0.15, 0.2) is 0 Å². The highest BCUT2D eigenvalue weighted by atomic mass is 16.5. The van der Waals surface area contributed by atoms with Gasteiger partial charge in [-0.3, -0.25) is 4.79 Å². The van der Waals surface area contributed by atoms with Crippen molar-refractivity contribution in [3.05, 3.63) is 0 Å². The number of aliphatic carboxylic acids is 1. The molecule has 0 amide bonds. The van der Waals surface area contributed by atoms with E-state index in [4.69, 9.17) is 9.47 Å². The van der Waals surface area contributed by atoms with Crippen LogP contribution in [0.2, 0.25) is 0 Å². The van der Waals surface area contributed by atoms with Crippen molar-refractivity contribution in [2.24, 2.45) is 10.8 Å². The molecule has 0 unspecified atom stereocenters. The molecule has 13 heavy (non-hydrogen) atoms. The lowest BCUT2D eigenvalue weighted by atomic mass is 9.59. The maximum Gasteiger partial charge on any atom is 0.315 e. The Labute approximate surface area is 76.8 Å². The van der Waals surface area contributed by atoms with Gasteiger partial charge in [0.15, 0.2) is 0 Å². The van der Waals surface area contributed by atoms with E-state index in [1.54, 1.807) is 0 Å². The lowest BCUT2D eigenvalue weighted by Crippen LogP contribution is -2.67. The first kappa shape index (κ1) is 8.97. The summed E-state index contributed by atoms with van der Waals surface area (Å²) in [5, 5.41) is 9.18. The molecule has 0 bridgehead atoms. The third-order valence-corrected chi connectivity index (χ3v) is 3.55. The van der Waals surface area contributed by atoms with E-state index in [0.29, 0.717) is 26.4 Å². The molecule has 0 saturated carbocycles. The van der Waals surface area contributed by atoms with Crippen LogP contribution < -0.4 is 0 Å². The van der Waals surface area contributed by atoms with Gasteiger partial charge in [0.05, 0.1) is 26.4 Å². The molecule has 0 spiro atoms. The molecule has 4 heteroatoms. The molecule has 0 aliphatic carbocycles. The van der Waals surface area contributed by atoms with Crippen molar-refractivity contribution < 1.29 is 19.4 Å². The van der Waals surface area contributed by atoms with Crippen LogP contribution in [0.1, 0.15) is 13.3 Å². The Kier molecular flexibility index (Phi) is 1.85. The summed E-state index contributed by atoms with van der Waals surface area (Å²) in [4.78, 5) is 11.2. The summed E-state index contributed by atoms with van der Waals surface area (Å²) in [5.74, 6) is -0.732. The minimum Gasteiger partial charge on any atom is -0.481 e. The number of ether oxygens (including phenoxy) is 2. The van der Waals surface area contributed by atoms with Gasteiger partial charge in [0, 0.05) is 5.41 Å². The van der Waals surface area contributed by atoms with E-state index in [0.717, 1.165) is 6.42 Å². The number of carboxylic acids is 1. The summed E-state index contributed by atoms with van der Waals surface area (Å²) in [6, 6.07) is 0. The number of carboxylic acid groups (broad SMARTS) is 1. The minimum absolute atomic E-state index is 0.170. The van der Waals surface area contributed by atoms with Gasteiger partial charge in [-0.1, -0.05) is 6.92 Å². The van der Waals surface area contributed by atoms with Gasteiger partial charge in [-0.15, -0.1) is 0 Å². The Morgan fingerprint density at radius 3 is 1.92 bits per heavy atom. The van der Waals surface area contributed by atoms with Crippen LogP contribution >= 0.6 is 0 Å². The van der Waals surface area contributed by atoms with E-state index in [2.05, 4.69) is 0 Å². The van der Waals surface area contributed by atoms with Crippen LogP contribution in [-0.4, -0.2) is 37.5 Å². The van der Waals surface area contributed by atoms with Crippen LogP contribution in [0.5, 0.6) is 0 Å². The van der Waals surface area contributed by atoms with Crippen molar-refractivity contribution in [1.82, 2.24) is 0 Å². The Morgan fingerprint density at radius 2 is 1.85 bits per heavy atom. The number of carbonyl (C=O) groups is 1. The molecule has 0 aromatic carbocycles. The van der Waals surface area contributed by atoms with Crippen molar-refractivity contribution in [2.75, 3.05) is 26.4 Å². The molecule has 1 N–H and O–H groups in total. The third kappa shape index (κ3) is 0.901. The van der Waals surface area contributed by atoms with E-state index >= 15 is 0 Å². The normalized spacial score (nSPS) is 28.7. The van der Waals surface area contributed by atoms with Crippen molar-refractivity contribution >= 4 is 5.97 Å². The highest BCUT2D eigenvalue weighted by Gasteiger charge is 2.64. The summed E-state index contributed by atoms with van der Waals surface area (Å²) in [6.45, 7) is 3.85. The average molecular weight is 186 g/mol. The lowest BCUT2D eigenvalue weighted by molar-refractivity contribution is -0.268. The molecule has 2 heterocycles. The maximum atomic E-state index is 11.2. The first-order valence-corrected chi connectivity index (χ1v) is 4.56. The molecule has 74 valence electrons. The second-order valence-corrected chi connectivity index (χ2v) is 4.01. The zero-order chi connectivity index (χ0) is 9.53. The molecule has 2 fully saturated rings. The Hall–Kier alpha value is -0.610. The molecule has 0 atom stereocenters. The summed E-state index contributed by atoms with van der Waals surface area (Å²) in [6.07, 6.45) is 0.850. The van der Waals surface area contributed by atoms with Gasteiger partial charge in [0.2, 0.25) is 0 Å². The molecule has 2 saturated heterocycles. The Morgan fingerprint density at radius 1 is 1.31 bits per heavy atom.